The molecule has 0 heterocycles. The number of esters is 2. The smallest absolute Gasteiger partial charge is 0.462 e. The van der Waals surface area contributed by atoms with E-state index in [1.54, 1.807) is 0 Å². The standard InChI is InChI=1S/C62H104NO8P/c1-3-5-7-9-11-13-15-17-19-21-22-23-24-25-26-27-28-29-30-31-32-33-34-35-36-37-38-39-41-43-45-47-49-51-53-55-62(65)71-60(59-70-72(66,67)69-57-56-63)58-68-61(64)54-52-50-48-46-44-42-40-20-18-16-14-12-10-8-6-4-2/h5,7,11,13-14,16-17,19-20,22-23,25-26,28-29,31-32,34-35,40,60H,3-4,6,8-10,12,15,18,21,24,27,30,33,36-39,41-59,63H2,1-2H3,(H,66,67)/b7-5-,13-11-,16-14-,19-17-,23-22-,26-25-,29-28-,32-31-,35-34-,40-20-. The Labute approximate surface area is 441 Å². The largest absolute Gasteiger partial charge is 0.472 e. The Morgan fingerprint density at radius 2 is 0.764 bits per heavy atom. The number of phosphoric ester groups is 1. The lowest BCUT2D eigenvalue weighted by Crippen LogP contribution is -2.29. The molecular formula is C62H104NO8P. The minimum atomic E-state index is -4.40. The molecule has 3 N–H and O–H groups in total. The van der Waals surface area contributed by atoms with E-state index in [4.69, 9.17) is 24.3 Å². The van der Waals surface area contributed by atoms with Gasteiger partial charge in [0.1, 0.15) is 6.61 Å². The lowest BCUT2D eigenvalue weighted by Gasteiger charge is -2.19. The highest BCUT2D eigenvalue weighted by Gasteiger charge is 2.26. The molecule has 0 aliphatic carbocycles. The molecule has 0 bridgehead atoms. The van der Waals surface area contributed by atoms with Crippen LogP contribution in [0, 0.1) is 0 Å². The molecule has 0 aromatic heterocycles. The van der Waals surface area contributed by atoms with Crippen LogP contribution < -0.4 is 5.73 Å². The number of hydrogen-bond acceptors (Lipinski definition) is 8. The topological polar surface area (TPSA) is 134 Å². The van der Waals surface area contributed by atoms with Crippen LogP contribution in [0.2, 0.25) is 0 Å². The summed E-state index contributed by atoms with van der Waals surface area (Å²) in [5.74, 6) is -0.855. The van der Waals surface area contributed by atoms with Gasteiger partial charge < -0.3 is 20.1 Å². The van der Waals surface area contributed by atoms with Crippen molar-refractivity contribution in [2.45, 2.75) is 232 Å². The Kier molecular flexibility index (Phi) is 53.9. The maximum Gasteiger partial charge on any atom is 0.472 e. The first-order valence-electron chi connectivity index (χ1n) is 28.5. The quantitative estimate of drug-likeness (QED) is 0.0264. The third kappa shape index (κ3) is 55.7. The fraction of sp³-hybridized carbons (Fsp3) is 0.645. The predicted octanol–water partition coefficient (Wildman–Crippen LogP) is 18.0. The maximum absolute atomic E-state index is 12.7. The van der Waals surface area contributed by atoms with Crippen molar-refractivity contribution >= 4 is 19.8 Å². The molecule has 0 fully saturated rings. The van der Waals surface area contributed by atoms with Gasteiger partial charge in [0, 0.05) is 19.4 Å². The summed E-state index contributed by atoms with van der Waals surface area (Å²) < 4.78 is 33.0. The van der Waals surface area contributed by atoms with E-state index in [9.17, 15) is 19.0 Å². The predicted molar refractivity (Wildman–Crippen MR) is 307 cm³/mol. The molecule has 0 amide bonds. The van der Waals surface area contributed by atoms with Gasteiger partial charge in [-0.2, -0.15) is 0 Å². The summed E-state index contributed by atoms with van der Waals surface area (Å²) >= 11 is 0. The maximum atomic E-state index is 12.7. The molecule has 0 radical (unpaired) electrons. The number of ether oxygens (including phenoxy) is 2. The molecule has 0 aliphatic heterocycles. The van der Waals surface area contributed by atoms with Crippen molar-refractivity contribution in [3.8, 4) is 0 Å². The Morgan fingerprint density at radius 3 is 1.14 bits per heavy atom. The zero-order chi connectivity index (χ0) is 52.4. The number of carbonyl (C=O) groups is 2. The first-order chi connectivity index (χ1) is 35.3. The second-order valence-electron chi connectivity index (χ2n) is 18.4. The average molecular weight is 1020 g/mol. The number of unbranched alkanes of at least 4 members (excludes halogenated alkanes) is 19. The van der Waals surface area contributed by atoms with E-state index in [1.165, 1.54) is 70.6 Å². The fourth-order valence-corrected chi connectivity index (χ4v) is 8.15. The van der Waals surface area contributed by atoms with Gasteiger partial charge in [-0.1, -0.05) is 225 Å². The average Bonchev–Trinajstić information content (AvgIpc) is 3.37. The Balaban J connectivity index is 4.01. The van der Waals surface area contributed by atoms with Gasteiger partial charge in [0.05, 0.1) is 13.2 Å². The van der Waals surface area contributed by atoms with Crippen LogP contribution in [0.3, 0.4) is 0 Å². The number of nitrogens with two attached hydrogens (primary N) is 1. The summed E-state index contributed by atoms with van der Waals surface area (Å²) in [4.78, 5) is 35.1. The van der Waals surface area contributed by atoms with Gasteiger partial charge in [-0.05, 0) is 109 Å². The van der Waals surface area contributed by atoms with Crippen LogP contribution in [-0.4, -0.2) is 49.3 Å². The summed E-state index contributed by atoms with van der Waals surface area (Å²) in [5, 5.41) is 0. The van der Waals surface area contributed by atoms with Crippen LogP contribution in [0.25, 0.3) is 0 Å². The van der Waals surface area contributed by atoms with Crippen molar-refractivity contribution in [2.75, 3.05) is 26.4 Å². The van der Waals surface area contributed by atoms with Crippen molar-refractivity contribution in [2.24, 2.45) is 5.73 Å². The SMILES string of the molecule is CC/C=C\C/C=C\C/C=C\C/C=C\C/C=C\C/C=C\C/C=C\C/C=C\CCCCCCCCCCCCC(=O)OC(COC(=O)CCCCCCC/C=C\C/C=C\CCCCCC)COP(=O)(O)OCCN. The monoisotopic (exact) mass is 1020 g/mol. The molecule has 10 heteroatoms. The lowest BCUT2D eigenvalue weighted by atomic mass is 10.0. The summed E-state index contributed by atoms with van der Waals surface area (Å²) in [5.41, 5.74) is 5.37. The highest BCUT2D eigenvalue weighted by molar-refractivity contribution is 7.47. The normalized spacial score (nSPS) is 14.0. The molecule has 0 saturated carbocycles. The summed E-state index contributed by atoms with van der Waals surface area (Å²) in [6.45, 7) is 3.58. The van der Waals surface area contributed by atoms with Gasteiger partial charge in [-0.25, -0.2) is 4.57 Å². The van der Waals surface area contributed by atoms with Gasteiger partial charge in [-0.3, -0.25) is 18.6 Å². The van der Waals surface area contributed by atoms with Crippen molar-refractivity contribution < 1.29 is 37.6 Å². The van der Waals surface area contributed by atoms with Crippen molar-refractivity contribution in [3.05, 3.63) is 122 Å². The molecule has 0 aromatic rings. The number of rotatable bonds is 52. The minimum absolute atomic E-state index is 0.0450. The summed E-state index contributed by atoms with van der Waals surface area (Å²) in [6, 6.07) is 0. The Bertz CT molecular complexity index is 1590. The van der Waals surface area contributed by atoms with Gasteiger partial charge in [-0.15, -0.1) is 0 Å². The minimum Gasteiger partial charge on any atom is -0.462 e. The molecular weight excluding hydrogens is 918 g/mol. The molecule has 0 saturated heterocycles. The first-order valence-corrected chi connectivity index (χ1v) is 30.0. The van der Waals surface area contributed by atoms with Gasteiger partial charge in [0.15, 0.2) is 6.10 Å². The van der Waals surface area contributed by atoms with E-state index in [2.05, 4.69) is 135 Å². The van der Waals surface area contributed by atoms with Crippen LogP contribution in [-0.2, 0) is 32.7 Å². The van der Waals surface area contributed by atoms with Gasteiger partial charge in [0.25, 0.3) is 0 Å². The van der Waals surface area contributed by atoms with Crippen molar-refractivity contribution in [3.63, 3.8) is 0 Å². The van der Waals surface area contributed by atoms with Gasteiger partial charge in [0.2, 0.25) is 0 Å². The molecule has 0 spiro atoms. The number of hydrogen-bond donors (Lipinski definition) is 2. The van der Waals surface area contributed by atoms with E-state index in [1.807, 2.05) is 0 Å². The zero-order valence-corrected chi connectivity index (χ0v) is 46.5. The number of carbonyl (C=O) groups excluding carboxylic acids is 2. The second kappa shape index (κ2) is 56.7. The van der Waals surface area contributed by atoms with Crippen molar-refractivity contribution in [1.82, 2.24) is 0 Å². The summed E-state index contributed by atoms with van der Waals surface area (Å²) in [6.07, 6.45) is 78.2. The molecule has 72 heavy (non-hydrogen) atoms. The molecule has 0 rings (SSSR count). The third-order valence-corrected chi connectivity index (χ3v) is 12.6. The fourth-order valence-electron chi connectivity index (χ4n) is 7.39. The first kappa shape index (κ1) is 68.4. The van der Waals surface area contributed by atoms with Crippen LogP contribution in [0.15, 0.2) is 122 Å². The highest BCUT2D eigenvalue weighted by Crippen LogP contribution is 2.43. The van der Waals surface area contributed by atoms with E-state index in [0.29, 0.717) is 12.8 Å². The van der Waals surface area contributed by atoms with E-state index in [-0.39, 0.29) is 32.6 Å². The Morgan fingerprint density at radius 1 is 0.431 bits per heavy atom. The third-order valence-electron chi connectivity index (χ3n) is 11.6. The second-order valence-corrected chi connectivity index (χ2v) is 19.9. The molecule has 410 valence electrons. The number of allylic oxidation sites excluding steroid dienone is 20. The Hall–Kier alpha value is -3.59. The molecule has 0 aromatic carbocycles. The van der Waals surface area contributed by atoms with Crippen LogP contribution >= 0.6 is 7.82 Å². The van der Waals surface area contributed by atoms with E-state index in [0.717, 1.165) is 116 Å². The van der Waals surface area contributed by atoms with Crippen molar-refractivity contribution in [1.29, 1.82) is 0 Å². The van der Waals surface area contributed by atoms with Crippen LogP contribution in [0.4, 0.5) is 0 Å². The van der Waals surface area contributed by atoms with E-state index >= 15 is 0 Å². The van der Waals surface area contributed by atoms with E-state index < -0.39 is 32.5 Å². The zero-order valence-electron chi connectivity index (χ0n) is 45.6. The molecule has 9 nitrogen and oxygen atoms in total. The molecule has 2 atom stereocenters. The van der Waals surface area contributed by atoms with Crippen LogP contribution in [0.5, 0.6) is 0 Å². The molecule has 0 aliphatic rings. The summed E-state index contributed by atoms with van der Waals surface area (Å²) in [7, 11) is -4.40. The number of phosphoric acid groups is 1. The van der Waals surface area contributed by atoms with Crippen LogP contribution in [0.1, 0.15) is 226 Å². The van der Waals surface area contributed by atoms with Gasteiger partial charge >= 0.3 is 19.8 Å². The lowest BCUT2D eigenvalue weighted by molar-refractivity contribution is -0.161. The molecule has 2 unspecified atom stereocenters. The highest BCUT2D eigenvalue weighted by atomic mass is 31.2.